The van der Waals surface area contributed by atoms with Gasteiger partial charge in [-0.3, -0.25) is 4.98 Å². The topological polar surface area (TPSA) is 85.2 Å². The first kappa shape index (κ1) is 16.9. The smallest absolute Gasteiger partial charge is 0.318 e. The van der Waals surface area contributed by atoms with Gasteiger partial charge in [0.15, 0.2) is 5.82 Å². The summed E-state index contributed by atoms with van der Waals surface area (Å²) in [6.07, 6.45) is 3.32. The molecule has 2 aromatic heterocycles. The van der Waals surface area contributed by atoms with Gasteiger partial charge in [-0.25, -0.2) is 4.79 Å². The molecule has 2 aromatic rings. The van der Waals surface area contributed by atoms with Gasteiger partial charge in [0.2, 0.25) is 0 Å². The Hall–Kier alpha value is -2.48. The third kappa shape index (κ3) is 4.75. The number of rotatable bonds is 7. The highest BCUT2D eigenvalue weighted by atomic mass is 16.5. The van der Waals surface area contributed by atoms with E-state index in [0.29, 0.717) is 25.5 Å². The molecule has 0 saturated carbocycles. The summed E-state index contributed by atoms with van der Waals surface area (Å²) in [4.78, 5) is 18.5. The van der Waals surface area contributed by atoms with Gasteiger partial charge < -0.3 is 19.5 Å². The molecule has 124 valence electrons. The summed E-state index contributed by atoms with van der Waals surface area (Å²) in [6, 6.07) is 5.20. The van der Waals surface area contributed by atoms with Crippen molar-refractivity contribution in [2.24, 2.45) is 7.05 Å². The number of carbonyl (C=O) groups excluding carboxylic acids is 1. The van der Waals surface area contributed by atoms with Crippen LogP contribution in [0.15, 0.2) is 30.7 Å². The summed E-state index contributed by atoms with van der Waals surface area (Å²) in [5, 5.41) is 10.8. The van der Waals surface area contributed by atoms with Gasteiger partial charge in [0.25, 0.3) is 0 Å². The molecular weight excluding hydrogens is 296 g/mol. The molecule has 0 spiro atoms. The highest BCUT2D eigenvalue weighted by molar-refractivity contribution is 5.74. The van der Waals surface area contributed by atoms with Crippen LogP contribution in [0.1, 0.15) is 24.5 Å². The summed E-state index contributed by atoms with van der Waals surface area (Å²) in [5.74, 6) is 0.697. The summed E-state index contributed by atoms with van der Waals surface area (Å²) < 4.78 is 6.87. The number of hydrogen-bond acceptors (Lipinski definition) is 5. The summed E-state index contributed by atoms with van der Waals surface area (Å²) >= 11 is 0. The van der Waals surface area contributed by atoms with Gasteiger partial charge in [-0.1, -0.05) is 6.07 Å². The zero-order chi connectivity index (χ0) is 16.7. The largest absolute Gasteiger partial charge is 0.383 e. The minimum atomic E-state index is -0.247. The van der Waals surface area contributed by atoms with Crippen LogP contribution in [0.5, 0.6) is 0 Å². The Morgan fingerprint density at radius 3 is 2.91 bits per heavy atom. The van der Waals surface area contributed by atoms with Crippen LogP contribution in [-0.4, -0.2) is 50.9 Å². The second-order valence-electron chi connectivity index (χ2n) is 5.21. The highest BCUT2D eigenvalue weighted by Gasteiger charge is 2.19. The van der Waals surface area contributed by atoms with Crippen molar-refractivity contribution in [3.8, 4) is 0 Å². The number of urea groups is 1. The molecular formula is C15H22N6O2. The minimum absolute atomic E-state index is 0.191. The number of ether oxygens (including phenoxy) is 1. The van der Waals surface area contributed by atoms with Crippen molar-refractivity contribution in [1.29, 1.82) is 0 Å². The molecule has 1 unspecified atom stereocenters. The van der Waals surface area contributed by atoms with Gasteiger partial charge in [-0.2, -0.15) is 0 Å². The highest BCUT2D eigenvalue weighted by Crippen LogP contribution is 2.09. The third-order valence-corrected chi connectivity index (χ3v) is 3.41. The van der Waals surface area contributed by atoms with Crippen molar-refractivity contribution >= 4 is 6.03 Å². The Balaban J connectivity index is 2.02. The lowest BCUT2D eigenvalue weighted by Crippen LogP contribution is -2.42. The molecule has 0 aliphatic rings. The van der Waals surface area contributed by atoms with E-state index in [0.717, 1.165) is 5.69 Å². The molecule has 23 heavy (non-hydrogen) atoms. The summed E-state index contributed by atoms with van der Waals surface area (Å²) in [6.45, 7) is 3.22. The van der Waals surface area contributed by atoms with Crippen LogP contribution in [0.2, 0.25) is 0 Å². The van der Waals surface area contributed by atoms with Crippen molar-refractivity contribution in [2.75, 3.05) is 20.3 Å². The number of aromatic nitrogens is 4. The van der Waals surface area contributed by atoms with Crippen LogP contribution in [0.25, 0.3) is 0 Å². The second kappa shape index (κ2) is 8.23. The van der Waals surface area contributed by atoms with Crippen molar-refractivity contribution in [3.63, 3.8) is 0 Å². The number of methoxy groups -OCH3 is 1. The van der Waals surface area contributed by atoms with E-state index in [1.165, 1.54) is 0 Å². The van der Waals surface area contributed by atoms with Crippen LogP contribution < -0.4 is 5.32 Å². The molecule has 0 saturated heterocycles. The number of hydrogen-bond donors (Lipinski definition) is 1. The Morgan fingerprint density at radius 2 is 2.30 bits per heavy atom. The van der Waals surface area contributed by atoms with Crippen LogP contribution in [0, 0.1) is 0 Å². The monoisotopic (exact) mass is 318 g/mol. The van der Waals surface area contributed by atoms with Gasteiger partial charge >= 0.3 is 6.03 Å². The summed E-state index contributed by atoms with van der Waals surface area (Å²) in [5.41, 5.74) is 0.824. The summed E-state index contributed by atoms with van der Waals surface area (Å²) in [7, 11) is 3.45. The van der Waals surface area contributed by atoms with E-state index in [-0.39, 0.29) is 12.1 Å². The SMILES string of the molecule is COCCN(Cc1ccccn1)C(=O)NC(C)c1nncn1C. The lowest BCUT2D eigenvalue weighted by Gasteiger charge is -2.24. The molecule has 1 atom stereocenters. The predicted octanol–water partition coefficient (Wildman–Crippen LogP) is 1.13. The van der Waals surface area contributed by atoms with E-state index in [1.807, 2.05) is 32.2 Å². The zero-order valence-corrected chi connectivity index (χ0v) is 13.6. The first-order valence-electron chi connectivity index (χ1n) is 7.40. The number of amides is 2. The lowest BCUT2D eigenvalue weighted by molar-refractivity contribution is 0.144. The molecule has 0 aliphatic carbocycles. The molecule has 0 fully saturated rings. The molecule has 0 aliphatic heterocycles. The average Bonchev–Trinajstić information content (AvgIpc) is 2.98. The van der Waals surface area contributed by atoms with Gasteiger partial charge in [-0.15, -0.1) is 10.2 Å². The first-order valence-corrected chi connectivity index (χ1v) is 7.40. The molecule has 2 amide bonds. The third-order valence-electron chi connectivity index (χ3n) is 3.41. The fourth-order valence-corrected chi connectivity index (χ4v) is 2.17. The molecule has 8 nitrogen and oxygen atoms in total. The molecule has 0 bridgehead atoms. The second-order valence-corrected chi connectivity index (χ2v) is 5.21. The van der Waals surface area contributed by atoms with Gasteiger partial charge in [0, 0.05) is 26.9 Å². The standard InChI is InChI=1S/C15H22N6O2/c1-12(14-19-17-11-20(14)2)18-15(22)21(8-9-23-3)10-13-6-4-5-7-16-13/h4-7,11-12H,8-10H2,1-3H3,(H,18,22). The quantitative estimate of drug-likeness (QED) is 0.827. The van der Waals surface area contributed by atoms with Crippen LogP contribution in [0.4, 0.5) is 4.79 Å². The van der Waals surface area contributed by atoms with Gasteiger partial charge in [0.05, 0.1) is 24.9 Å². The molecule has 0 aromatic carbocycles. The number of nitrogens with zero attached hydrogens (tertiary/aromatic N) is 5. The molecule has 2 heterocycles. The van der Waals surface area contributed by atoms with Crippen molar-refractivity contribution in [3.05, 3.63) is 42.2 Å². The van der Waals surface area contributed by atoms with Crippen LogP contribution >= 0.6 is 0 Å². The van der Waals surface area contributed by atoms with Gasteiger partial charge in [-0.05, 0) is 19.1 Å². The van der Waals surface area contributed by atoms with Crippen molar-refractivity contribution in [2.45, 2.75) is 19.5 Å². The van der Waals surface area contributed by atoms with Gasteiger partial charge in [0.1, 0.15) is 6.33 Å². The lowest BCUT2D eigenvalue weighted by atomic mass is 10.3. The minimum Gasteiger partial charge on any atom is -0.383 e. The fraction of sp³-hybridized carbons (Fsp3) is 0.467. The first-order chi connectivity index (χ1) is 11.1. The van der Waals surface area contributed by atoms with Crippen molar-refractivity contribution < 1.29 is 9.53 Å². The predicted molar refractivity (Wildman–Crippen MR) is 84.5 cm³/mol. The maximum atomic E-state index is 12.5. The van der Waals surface area contributed by atoms with E-state index >= 15 is 0 Å². The zero-order valence-electron chi connectivity index (χ0n) is 13.6. The van der Waals surface area contributed by atoms with E-state index in [1.54, 1.807) is 29.1 Å². The maximum absolute atomic E-state index is 12.5. The maximum Gasteiger partial charge on any atom is 0.318 e. The van der Waals surface area contributed by atoms with Crippen LogP contribution in [0.3, 0.4) is 0 Å². The number of aryl methyl sites for hydroxylation is 1. The van der Waals surface area contributed by atoms with Crippen molar-refractivity contribution in [1.82, 2.24) is 30.0 Å². The normalized spacial score (nSPS) is 12.0. The van der Waals surface area contributed by atoms with E-state index in [4.69, 9.17) is 4.74 Å². The number of nitrogens with one attached hydrogen (secondary N) is 1. The Morgan fingerprint density at radius 1 is 1.48 bits per heavy atom. The van der Waals surface area contributed by atoms with E-state index in [2.05, 4.69) is 20.5 Å². The Kier molecular flexibility index (Phi) is 6.04. The molecule has 2 rings (SSSR count). The molecule has 8 heteroatoms. The van der Waals surface area contributed by atoms with Crippen LogP contribution in [-0.2, 0) is 18.3 Å². The average molecular weight is 318 g/mol. The Labute approximate surface area is 135 Å². The van der Waals surface area contributed by atoms with E-state index in [9.17, 15) is 4.79 Å². The fourth-order valence-electron chi connectivity index (χ4n) is 2.17. The Bertz CT molecular complexity index is 615. The number of pyridine rings is 1. The van der Waals surface area contributed by atoms with E-state index < -0.39 is 0 Å². The molecule has 1 N–H and O–H groups in total. The number of carbonyl (C=O) groups is 1. The molecule has 0 radical (unpaired) electrons.